The number of anilines is 1. The van der Waals surface area contributed by atoms with E-state index in [-0.39, 0.29) is 0 Å². The average Bonchev–Trinajstić information content (AvgIpc) is 2.24. The van der Waals surface area contributed by atoms with Crippen LogP contribution in [-0.2, 0) is 0 Å². The van der Waals surface area contributed by atoms with Crippen LogP contribution in [0.15, 0.2) is 24.3 Å². The number of carbonyl (C=O) groups is 1. The van der Waals surface area contributed by atoms with Crippen LogP contribution in [0.3, 0.4) is 0 Å². The van der Waals surface area contributed by atoms with Gasteiger partial charge in [0.2, 0.25) is 0 Å². The fraction of sp³-hybridized carbons (Fsp3) is 0.222. The first-order chi connectivity index (χ1) is 6.96. The Morgan fingerprint density at radius 2 is 1.87 bits per heavy atom. The Balaban J connectivity index is 2.63. The van der Waals surface area contributed by atoms with Crippen molar-refractivity contribution < 1.29 is 13.9 Å². The highest BCUT2D eigenvalue weighted by Crippen LogP contribution is 2.62. The van der Waals surface area contributed by atoms with Crippen molar-refractivity contribution in [1.82, 2.24) is 4.67 Å². The van der Waals surface area contributed by atoms with Crippen molar-refractivity contribution in [1.29, 1.82) is 0 Å². The van der Waals surface area contributed by atoms with E-state index >= 15 is 0 Å². The highest BCUT2D eigenvalue weighted by molar-refractivity contribution is 7.63. The number of fused-ring (bicyclic) bond motifs is 1. The quantitative estimate of drug-likeness (QED) is 0.627. The van der Waals surface area contributed by atoms with Crippen LogP contribution < -0.4 is 9.56 Å². The van der Waals surface area contributed by atoms with Gasteiger partial charge in [0.1, 0.15) is 0 Å². The second-order valence-electron chi connectivity index (χ2n) is 3.34. The average molecular weight is 228 g/mol. The van der Waals surface area contributed by atoms with Gasteiger partial charge in [-0.15, -0.1) is 0 Å². The molecule has 0 aliphatic carbocycles. The fourth-order valence-corrected chi connectivity index (χ4v) is 2.73. The number of amides is 1. The van der Waals surface area contributed by atoms with Crippen LogP contribution in [-0.4, -0.2) is 24.7 Å². The molecular weight excluding hydrogens is 218 g/mol. The van der Waals surface area contributed by atoms with Gasteiger partial charge in [0.15, 0.2) is 0 Å². The maximum atomic E-state index is 13.8. The third-order valence-corrected chi connectivity index (χ3v) is 4.39. The van der Waals surface area contributed by atoms with E-state index in [1.54, 1.807) is 24.3 Å². The van der Waals surface area contributed by atoms with Crippen LogP contribution >= 0.6 is 8.10 Å². The first-order valence-corrected chi connectivity index (χ1v) is 5.88. The molecule has 6 heteroatoms. The van der Waals surface area contributed by atoms with E-state index < -0.39 is 14.0 Å². The minimum atomic E-state index is -4.24. The fourth-order valence-electron chi connectivity index (χ4n) is 1.56. The van der Waals surface area contributed by atoms with Gasteiger partial charge < -0.3 is 4.89 Å². The lowest BCUT2D eigenvalue weighted by atomic mass is 10.1. The van der Waals surface area contributed by atoms with E-state index in [0.29, 0.717) is 15.9 Å². The number of hydrogen-bond donors (Lipinski definition) is 0. The molecule has 1 amide bonds. The lowest BCUT2D eigenvalue weighted by molar-refractivity contribution is -0.191. The molecule has 0 saturated carbocycles. The number of halogens is 1. The summed E-state index contributed by atoms with van der Waals surface area (Å²) in [5, 5.41) is 0. The zero-order valence-corrected chi connectivity index (χ0v) is 9.24. The molecule has 0 radical (unpaired) electrons. The Hall–Kier alpha value is -1.19. The minimum absolute atomic E-state index is 0.367. The summed E-state index contributed by atoms with van der Waals surface area (Å²) >= 11 is 0. The summed E-state index contributed by atoms with van der Waals surface area (Å²) in [6.07, 6.45) is 0. The highest BCUT2D eigenvalue weighted by Gasteiger charge is 2.48. The monoisotopic (exact) mass is 228 g/mol. The molecule has 2 rings (SSSR count). The Morgan fingerprint density at radius 1 is 1.27 bits per heavy atom. The predicted molar refractivity (Wildman–Crippen MR) is 55.0 cm³/mol. The molecular formula is C9H10FN2O2P. The van der Waals surface area contributed by atoms with Crippen LogP contribution in [0.4, 0.5) is 9.88 Å². The third-order valence-electron chi connectivity index (χ3n) is 2.52. The lowest BCUT2D eigenvalue weighted by Gasteiger charge is -2.39. The second kappa shape index (κ2) is 3.15. The van der Waals surface area contributed by atoms with Gasteiger partial charge >= 0.3 is 8.10 Å². The molecule has 0 N–H and O–H groups in total. The van der Waals surface area contributed by atoms with E-state index in [4.69, 9.17) is 0 Å². The highest BCUT2D eigenvalue weighted by atomic mass is 31.2. The summed E-state index contributed by atoms with van der Waals surface area (Å²) in [5.41, 5.74) is 0.734. The number of para-hydroxylation sites is 1. The van der Waals surface area contributed by atoms with Gasteiger partial charge in [-0.2, -0.15) is 4.67 Å². The summed E-state index contributed by atoms with van der Waals surface area (Å²) in [6.45, 7) is 0. The van der Waals surface area contributed by atoms with Crippen molar-refractivity contribution in [3.63, 3.8) is 0 Å². The molecule has 1 heterocycles. The molecule has 0 aromatic heterocycles. The maximum absolute atomic E-state index is 13.8. The van der Waals surface area contributed by atoms with Gasteiger partial charge in [0, 0.05) is 7.05 Å². The van der Waals surface area contributed by atoms with E-state index in [1.807, 2.05) is 0 Å². The van der Waals surface area contributed by atoms with Crippen molar-refractivity contribution in [3.05, 3.63) is 29.8 Å². The van der Waals surface area contributed by atoms with Gasteiger partial charge in [0.05, 0.1) is 18.3 Å². The molecule has 1 aliphatic rings. The molecule has 0 fully saturated rings. The summed E-state index contributed by atoms with van der Waals surface area (Å²) in [7, 11) is -1.66. The van der Waals surface area contributed by atoms with Gasteiger partial charge in [0.25, 0.3) is 5.91 Å². The molecule has 80 valence electrons. The molecule has 0 saturated heterocycles. The zero-order chi connectivity index (χ0) is 11.2. The van der Waals surface area contributed by atoms with Crippen molar-refractivity contribution in [2.75, 3.05) is 18.8 Å². The van der Waals surface area contributed by atoms with Crippen LogP contribution in [0, 0.1) is 0 Å². The molecule has 1 aromatic rings. The standard InChI is InChI=1S/C9H10FN2O2P/c1-11-8-6-4-3-5-7(8)9(13)12(2)15(11,10)14/h3-6H,1-2H3. The third kappa shape index (κ3) is 1.31. The molecule has 1 aromatic carbocycles. The molecule has 0 spiro atoms. The van der Waals surface area contributed by atoms with Crippen molar-refractivity contribution >= 4 is 19.7 Å². The van der Waals surface area contributed by atoms with Gasteiger partial charge in [-0.1, -0.05) is 12.1 Å². The Morgan fingerprint density at radius 3 is 2.53 bits per heavy atom. The molecule has 4 nitrogen and oxygen atoms in total. The Bertz CT molecular complexity index is 424. The number of rotatable bonds is 0. The van der Waals surface area contributed by atoms with Crippen molar-refractivity contribution in [2.24, 2.45) is 0 Å². The molecule has 1 unspecified atom stereocenters. The molecule has 1 atom stereocenters. The minimum Gasteiger partial charge on any atom is -0.613 e. The van der Waals surface area contributed by atoms with Gasteiger partial charge in [-0.05, 0) is 16.3 Å². The summed E-state index contributed by atoms with van der Waals surface area (Å²) in [5.74, 6) is -0.547. The summed E-state index contributed by atoms with van der Waals surface area (Å²) in [4.78, 5) is 23.3. The van der Waals surface area contributed by atoms with E-state index in [0.717, 1.165) is 4.67 Å². The largest absolute Gasteiger partial charge is 0.613 e. The van der Waals surface area contributed by atoms with Gasteiger partial charge in [-0.25, -0.2) is 4.67 Å². The lowest BCUT2D eigenvalue weighted by Crippen LogP contribution is -2.44. The smallest absolute Gasteiger partial charge is 0.362 e. The van der Waals surface area contributed by atoms with Crippen molar-refractivity contribution in [3.8, 4) is 0 Å². The first kappa shape index (κ1) is 10.3. The maximum Gasteiger partial charge on any atom is 0.362 e. The zero-order valence-electron chi connectivity index (χ0n) is 8.35. The van der Waals surface area contributed by atoms with E-state index in [1.165, 1.54) is 14.1 Å². The van der Waals surface area contributed by atoms with E-state index in [2.05, 4.69) is 0 Å². The van der Waals surface area contributed by atoms with Crippen LogP contribution in [0.5, 0.6) is 0 Å². The Kier molecular flexibility index (Phi) is 2.17. The summed E-state index contributed by atoms with van der Waals surface area (Å²) in [6, 6.07) is 6.52. The molecule has 1 aliphatic heterocycles. The number of hydrogen-bond acceptors (Lipinski definition) is 3. The SMILES string of the molecule is CN1C(=O)c2ccccc2N(C)[P+]1([O-])F. The number of benzene rings is 1. The van der Waals surface area contributed by atoms with E-state index in [9.17, 15) is 13.9 Å². The molecule has 15 heavy (non-hydrogen) atoms. The van der Waals surface area contributed by atoms with Crippen molar-refractivity contribution in [2.45, 2.75) is 0 Å². The topological polar surface area (TPSA) is 46.6 Å². The Labute approximate surface area is 87.6 Å². The summed E-state index contributed by atoms with van der Waals surface area (Å²) < 4.78 is 15.5. The van der Waals surface area contributed by atoms with Gasteiger partial charge in [-0.3, -0.25) is 4.79 Å². The predicted octanol–water partition coefficient (Wildman–Crippen LogP) is 1.22. The first-order valence-electron chi connectivity index (χ1n) is 4.37. The van der Waals surface area contributed by atoms with Crippen LogP contribution in [0.25, 0.3) is 0 Å². The van der Waals surface area contributed by atoms with Crippen LogP contribution in [0.1, 0.15) is 10.4 Å². The van der Waals surface area contributed by atoms with Crippen LogP contribution in [0.2, 0.25) is 0 Å². The molecule has 0 bridgehead atoms. The number of nitrogens with zero attached hydrogens (tertiary/aromatic N) is 2. The second-order valence-corrected chi connectivity index (χ2v) is 5.49. The normalized spacial score (nSPS) is 25.5. The number of carbonyl (C=O) groups excluding carboxylic acids is 1.